The molecule has 2 aromatic carbocycles. The van der Waals surface area contributed by atoms with Crippen LogP contribution in [0.15, 0.2) is 48.7 Å². The highest BCUT2D eigenvalue weighted by molar-refractivity contribution is 6.07. The average molecular weight is 347 g/mol. The van der Waals surface area contributed by atoms with E-state index in [1.54, 1.807) is 0 Å². The predicted molar refractivity (Wildman–Crippen MR) is 106 cm³/mol. The topological polar surface area (TPSA) is 62.1 Å². The second-order valence-corrected chi connectivity index (χ2v) is 7.13. The SMILES string of the molecule is CCN1CCC(c2c[nH]c3c(C(N)=O)cc(-c4ccccc4)cc23)CC1. The van der Waals surface area contributed by atoms with Crippen molar-refractivity contribution in [3.8, 4) is 11.1 Å². The van der Waals surface area contributed by atoms with Gasteiger partial charge in [-0.2, -0.15) is 0 Å². The molecule has 0 bridgehead atoms. The molecule has 2 heterocycles. The third kappa shape index (κ3) is 3.01. The highest BCUT2D eigenvalue weighted by Gasteiger charge is 2.23. The van der Waals surface area contributed by atoms with E-state index in [4.69, 9.17) is 5.73 Å². The van der Waals surface area contributed by atoms with Crippen LogP contribution < -0.4 is 5.73 Å². The van der Waals surface area contributed by atoms with E-state index in [0.29, 0.717) is 11.5 Å². The summed E-state index contributed by atoms with van der Waals surface area (Å²) in [6, 6.07) is 14.3. The first-order chi connectivity index (χ1) is 12.7. The lowest BCUT2D eigenvalue weighted by atomic mass is 9.88. The van der Waals surface area contributed by atoms with Gasteiger partial charge in [-0.3, -0.25) is 4.79 Å². The summed E-state index contributed by atoms with van der Waals surface area (Å²) in [5.74, 6) is 0.139. The number of benzene rings is 2. The standard InChI is InChI=1S/C22H25N3O/c1-2-25-10-8-16(9-11-25)20-14-24-21-18(20)12-17(13-19(21)22(23)26)15-6-4-3-5-7-15/h3-7,12-14,16,24H,2,8-11H2,1H3,(H2,23,26). The number of rotatable bonds is 4. The molecule has 0 unspecified atom stereocenters. The summed E-state index contributed by atoms with van der Waals surface area (Å²) in [5.41, 5.74) is 10.6. The molecule has 1 aliphatic rings. The first kappa shape index (κ1) is 16.9. The zero-order chi connectivity index (χ0) is 18.1. The van der Waals surface area contributed by atoms with Crippen LogP contribution in [-0.4, -0.2) is 35.4 Å². The number of aromatic amines is 1. The molecule has 26 heavy (non-hydrogen) atoms. The van der Waals surface area contributed by atoms with Gasteiger partial charge in [-0.1, -0.05) is 37.3 Å². The normalized spacial score (nSPS) is 16.2. The van der Waals surface area contributed by atoms with Gasteiger partial charge in [-0.15, -0.1) is 0 Å². The van der Waals surface area contributed by atoms with Crippen LogP contribution in [-0.2, 0) is 0 Å². The Bertz CT molecular complexity index is 921. The van der Waals surface area contributed by atoms with Crippen LogP contribution in [0, 0.1) is 0 Å². The van der Waals surface area contributed by atoms with Crippen molar-refractivity contribution in [1.29, 1.82) is 0 Å². The number of carbonyl (C=O) groups excluding carboxylic acids is 1. The average Bonchev–Trinajstić information content (AvgIpc) is 3.11. The van der Waals surface area contributed by atoms with Gasteiger partial charge < -0.3 is 15.6 Å². The quantitative estimate of drug-likeness (QED) is 0.745. The number of nitrogens with zero attached hydrogens (tertiary/aromatic N) is 1. The van der Waals surface area contributed by atoms with E-state index in [1.807, 2.05) is 24.3 Å². The van der Waals surface area contributed by atoms with Gasteiger partial charge in [0.25, 0.3) is 5.91 Å². The number of H-pyrrole nitrogens is 1. The fourth-order valence-electron chi connectivity index (χ4n) is 4.14. The molecule has 4 heteroatoms. The first-order valence-corrected chi connectivity index (χ1v) is 9.40. The second kappa shape index (κ2) is 6.96. The lowest BCUT2D eigenvalue weighted by Crippen LogP contribution is -2.32. The van der Waals surface area contributed by atoms with Crippen molar-refractivity contribution in [3.63, 3.8) is 0 Å². The number of carbonyl (C=O) groups is 1. The zero-order valence-corrected chi connectivity index (χ0v) is 15.2. The van der Waals surface area contributed by atoms with Crippen LogP contribution in [0.2, 0.25) is 0 Å². The lowest BCUT2D eigenvalue weighted by Gasteiger charge is -2.31. The molecule has 1 aliphatic heterocycles. The molecule has 0 atom stereocenters. The number of piperidine rings is 1. The van der Waals surface area contributed by atoms with E-state index in [-0.39, 0.29) is 5.91 Å². The van der Waals surface area contributed by atoms with Gasteiger partial charge in [-0.05, 0) is 67.2 Å². The van der Waals surface area contributed by atoms with Crippen LogP contribution >= 0.6 is 0 Å². The van der Waals surface area contributed by atoms with Crippen LogP contribution in [0.3, 0.4) is 0 Å². The van der Waals surface area contributed by atoms with Gasteiger partial charge in [0.05, 0.1) is 11.1 Å². The van der Waals surface area contributed by atoms with Crippen molar-refractivity contribution in [2.24, 2.45) is 5.73 Å². The number of likely N-dealkylation sites (tertiary alicyclic amines) is 1. The molecule has 4 nitrogen and oxygen atoms in total. The maximum atomic E-state index is 12.1. The van der Waals surface area contributed by atoms with Gasteiger partial charge in [-0.25, -0.2) is 0 Å². The summed E-state index contributed by atoms with van der Waals surface area (Å²) >= 11 is 0. The molecule has 0 aliphatic carbocycles. The largest absolute Gasteiger partial charge is 0.366 e. The molecule has 134 valence electrons. The van der Waals surface area contributed by atoms with E-state index in [9.17, 15) is 4.79 Å². The molecule has 1 amide bonds. The molecule has 0 saturated carbocycles. The number of nitrogens with one attached hydrogen (secondary N) is 1. The molecule has 1 saturated heterocycles. The van der Waals surface area contributed by atoms with Gasteiger partial charge in [0.2, 0.25) is 0 Å². The van der Waals surface area contributed by atoms with Gasteiger partial charge in [0, 0.05) is 11.6 Å². The Balaban J connectivity index is 1.81. The third-order valence-corrected chi connectivity index (χ3v) is 5.67. The predicted octanol–water partition coefficient (Wildman–Crippen LogP) is 4.13. The Labute approximate surface area is 154 Å². The number of primary amides is 1. The van der Waals surface area contributed by atoms with Crippen molar-refractivity contribution in [3.05, 3.63) is 59.8 Å². The van der Waals surface area contributed by atoms with Crippen molar-refractivity contribution in [1.82, 2.24) is 9.88 Å². The number of aromatic nitrogens is 1. The minimum absolute atomic E-state index is 0.387. The van der Waals surface area contributed by atoms with Crippen LogP contribution in [0.1, 0.15) is 41.6 Å². The fourth-order valence-corrected chi connectivity index (χ4v) is 4.14. The summed E-state index contributed by atoms with van der Waals surface area (Å²) in [4.78, 5) is 17.9. The Morgan fingerprint density at radius 2 is 1.88 bits per heavy atom. The Morgan fingerprint density at radius 1 is 1.15 bits per heavy atom. The molecule has 4 rings (SSSR count). The summed E-state index contributed by atoms with van der Waals surface area (Å²) in [5, 5.41) is 1.13. The number of amides is 1. The first-order valence-electron chi connectivity index (χ1n) is 9.40. The number of nitrogens with two attached hydrogens (primary N) is 1. The summed E-state index contributed by atoms with van der Waals surface area (Å²) in [6.07, 6.45) is 4.39. The van der Waals surface area contributed by atoms with Crippen molar-refractivity contribution >= 4 is 16.8 Å². The van der Waals surface area contributed by atoms with E-state index < -0.39 is 0 Å². The molecule has 3 N–H and O–H groups in total. The van der Waals surface area contributed by atoms with Crippen LogP contribution in [0.25, 0.3) is 22.0 Å². The third-order valence-electron chi connectivity index (χ3n) is 5.67. The molecular weight excluding hydrogens is 322 g/mol. The van der Waals surface area contributed by atoms with Crippen LogP contribution in [0.5, 0.6) is 0 Å². The molecular formula is C22H25N3O. The maximum Gasteiger partial charge on any atom is 0.250 e. The Hall–Kier alpha value is -2.59. The Morgan fingerprint density at radius 3 is 2.54 bits per heavy atom. The maximum absolute atomic E-state index is 12.1. The highest BCUT2D eigenvalue weighted by atomic mass is 16.1. The molecule has 3 aromatic rings. The number of fused-ring (bicyclic) bond motifs is 1. The van der Waals surface area contributed by atoms with E-state index >= 15 is 0 Å². The molecule has 1 fully saturated rings. The van der Waals surface area contributed by atoms with E-state index in [1.165, 1.54) is 5.56 Å². The number of hydrogen-bond acceptors (Lipinski definition) is 2. The second-order valence-electron chi connectivity index (χ2n) is 7.13. The van der Waals surface area contributed by atoms with Gasteiger partial charge in [0.15, 0.2) is 0 Å². The molecule has 0 radical (unpaired) electrons. The van der Waals surface area contributed by atoms with E-state index in [0.717, 1.165) is 54.5 Å². The lowest BCUT2D eigenvalue weighted by molar-refractivity contribution is 0.100. The van der Waals surface area contributed by atoms with Gasteiger partial charge in [0.1, 0.15) is 0 Å². The zero-order valence-electron chi connectivity index (χ0n) is 15.2. The Kier molecular flexibility index (Phi) is 4.51. The van der Waals surface area contributed by atoms with Crippen molar-refractivity contribution in [2.45, 2.75) is 25.7 Å². The summed E-state index contributed by atoms with van der Waals surface area (Å²) in [6.45, 7) is 5.60. The summed E-state index contributed by atoms with van der Waals surface area (Å²) in [7, 11) is 0. The molecule has 0 spiro atoms. The fraction of sp³-hybridized carbons (Fsp3) is 0.318. The van der Waals surface area contributed by atoms with E-state index in [2.05, 4.69) is 41.2 Å². The monoisotopic (exact) mass is 347 g/mol. The smallest absolute Gasteiger partial charge is 0.250 e. The minimum atomic E-state index is -0.387. The van der Waals surface area contributed by atoms with Crippen molar-refractivity contribution < 1.29 is 4.79 Å². The molecule has 1 aromatic heterocycles. The number of hydrogen-bond donors (Lipinski definition) is 2. The van der Waals surface area contributed by atoms with Crippen LogP contribution in [0.4, 0.5) is 0 Å². The minimum Gasteiger partial charge on any atom is -0.366 e. The summed E-state index contributed by atoms with van der Waals surface area (Å²) < 4.78 is 0. The van der Waals surface area contributed by atoms with Crippen molar-refractivity contribution in [2.75, 3.05) is 19.6 Å². The highest BCUT2D eigenvalue weighted by Crippen LogP contribution is 2.36. The van der Waals surface area contributed by atoms with Gasteiger partial charge >= 0.3 is 0 Å².